The Bertz CT molecular complexity index is 940. The summed E-state index contributed by atoms with van der Waals surface area (Å²) in [5.41, 5.74) is 3.16. The number of nitrogens with one attached hydrogen (secondary N) is 1. The molecule has 0 aliphatic heterocycles. The standard InChI is InChI=1S/C20H19FN2O2/c1-12-6-5-8-14-16(10-13(2)23-19(12)14)20(25)22-11-18(24)15-7-3-4-9-17(15)21/h3-10,18,24H,11H2,1-2H3,(H,22,25)/t18-/m1/s1. The van der Waals surface area contributed by atoms with Gasteiger partial charge in [-0.1, -0.05) is 36.4 Å². The Morgan fingerprint density at radius 1 is 1.20 bits per heavy atom. The number of benzene rings is 2. The Balaban J connectivity index is 1.84. The van der Waals surface area contributed by atoms with E-state index in [0.29, 0.717) is 5.56 Å². The molecule has 25 heavy (non-hydrogen) atoms. The molecule has 1 aromatic heterocycles. The third kappa shape index (κ3) is 3.51. The van der Waals surface area contributed by atoms with Gasteiger partial charge < -0.3 is 10.4 Å². The Morgan fingerprint density at radius 2 is 1.96 bits per heavy atom. The van der Waals surface area contributed by atoms with Crippen molar-refractivity contribution in [3.63, 3.8) is 0 Å². The monoisotopic (exact) mass is 338 g/mol. The van der Waals surface area contributed by atoms with Crippen LogP contribution in [0.3, 0.4) is 0 Å². The van der Waals surface area contributed by atoms with E-state index in [4.69, 9.17) is 0 Å². The number of aromatic nitrogens is 1. The number of carbonyl (C=O) groups excluding carboxylic acids is 1. The normalized spacial score (nSPS) is 12.2. The molecule has 0 bridgehead atoms. The summed E-state index contributed by atoms with van der Waals surface area (Å²) in [6.45, 7) is 3.70. The fourth-order valence-corrected chi connectivity index (χ4v) is 2.85. The second-order valence-electron chi connectivity index (χ2n) is 6.03. The van der Waals surface area contributed by atoms with Crippen molar-refractivity contribution < 1.29 is 14.3 Å². The Kier molecular flexibility index (Phi) is 4.76. The number of halogens is 1. The highest BCUT2D eigenvalue weighted by molar-refractivity contribution is 6.06. The van der Waals surface area contributed by atoms with E-state index in [9.17, 15) is 14.3 Å². The van der Waals surface area contributed by atoms with Crippen molar-refractivity contribution in [2.24, 2.45) is 0 Å². The molecule has 0 saturated heterocycles. The van der Waals surface area contributed by atoms with Crippen LogP contribution in [0.5, 0.6) is 0 Å². The van der Waals surface area contributed by atoms with Crippen LogP contribution in [0, 0.1) is 19.7 Å². The van der Waals surface area contributed by atoms with Crippen molar-refractivity contribution in [1.82, 2.24) is 10.3 Å². The number of rotatable bonds is 4. The zero-order valence-electron chi connectivity index (χ0n) is 14.1. The van der Waals surface area contributed by atoms with Gasteiger partial charge in [0.1, 0.15) is 5.82 Å². The third-order valence-corrected chi connectivity index (χ3v) is 4.13. The molecule has 0 aliphatic rings. The Labute approximate surface area is 145 Å². The first-order valence-electron chi connectivity index (χ1n) is 8.05. The minimum absolute atomic E-state index is 0.0750. The lowest BCUT2D eigenvalue weighted by Gasteiger charge is -2.14. The molecule has 0 spiro atoms. The number of hydrogen-bond donors (Lipinski definition) is 2. The van der Waals surface area contributed by atoms with Gasteiger partial charge in [-0.3, -0.25) is 9.78 Å². The van der Waals surface area contributed by atoms with E-state index in [0.717, 1.165) is 22.2 Å². The maximum absolute atomic E-state index is 13.7. The number of aliphatic hydroxyl groups is 1. The molecule has 0 aliphatic carbocycles. The van der Waals surface area contributed by atoms with Gasteiger partial charge in [0.15, 0.2) is 0 Å². The van der Waals surface area contributed by atoms with E-state index in [-0.39, 0.29) is 18.0 Å². The first-order valence-corrected chi connectivity index (χ1v) is 8.05. The summed E-state index contributed by atoms with van der Waals surface area (Å²) in [5.74, 6) is -0.818. The highest BCUT2D eigenvalue weighted by Crippen LogP contribution is 2.22. The number of pyridine rings is 1. The molecule has 2 N–H and O–H groups in total. The Morgan fingerprint density at radius 3 is 2.72 bits per heavy atom. The summed E-state index contributed by atoms with van der Waals surface area (Å²) in [7, 11) is 0. The molecular weight excluding hydrogens is 319 g/mol. The molecular formula is C20H19FN2O2. The van der Waals surface area contributed by atoms with Crippen LogP contribution < -0.4 is 5.32 Å². The minimum atomic E-state index is -1.11. The molecule has 1 heterocycles. The summed E-state index contributed by atoms with van der Waals surface area (Å²) in [4.78, 5) is 17.1. The Hall–Kier alpha value is -2.79. The number of aliphatic hydroxyl groups excluding tert-OH is 1. The van der Waals surface area contributed by atoms with Crippen molar-refractivity contribution in [1.29, 1.82) is 0 Å². The largest absolute Gasteiger partial charge is 0.386 e. The van der Waals surface area contributed by atoms with E-state index in [1.165, 1.54) is 12.1 Å². The van der Waals surface area contributed by atoms with Gasteiger partial charge in [-0.05, 0) is 31.5 Å². The number of para-hydroxylation sites is 1. The average molecular weight is 338 g/mol. The van der Waals surface area contributed by atoms with Crippen LogP contribution in [-0.4, -0.2) is 22.5 Å². The summed E-state index contributed by atoms with van der Waals surface area (Å²) in [6, 6.07) is 13.4. The fourth-order valence-electron chi connectivity index (χ4n) is 2.85. The maximum atomic E-state index is 13.7. The lowest BCUT2D eigenvalue weighted by Crippen LogP contribution is -2.29. The number of nitrogens with zero attached hydrogens (tertiary/aromatic N) is 1. The quantitative estimate of drug-likeness (QED) is 0.766. The number of aryl methyl sites for hydroxylation is 2. The molecule has 3 rings (SSSR count). The van der Waals surface area contributed by atoms with Crippen molar-refractivity contribution in [2.45, 2.75) is 20.0 Å². The zero-order valence-corrected chi connectivity index (χ0v) is 14.1. The molecule has 5 heteroatoms. The van der Waals surface area contributed by atoms with Gasteiger partial charge in [-0.15, -0.1) is 0 Å². The second-order valence-corrected chi connectivity index (χ2v) is 6.03. The third-order valence-electron chi connectivity index (χ3n) is 4.13. The van der Waals surface area contributed by atoms with Crippen LogP contribution >= 0.6 is 0 Å². The van der Waals surface area contributed by atoms with E-state index in [1.54, 1.807) is 18.2 Å². The number of carbonyl (C=O) groups is 1. The molecule has 4 nitrogen and oxygen atoms in total. The summed E-state index contributed by atoms with van der Waals surface area (Å²) in [5, 5.41) is 13.6. The zero-order chi connectivity index (χ0) is 18.0. The van der Waals surface area contributed by atoms with E-state index in [2.05, 4.69) is 10.3 Å². The molecule has 0 unspecified atom stereocenters. The van der Waals surface area contributed by atoms with Gasteiger partial charge in [0.25, 0.3) is 5.91 Å². The molecule has 3 aromatic rings. The van der Waals surface area contributed by atoms with E-state index in [1.807, 2.05) is 32.0 Å². The SMILES string of the molecule is Cc1cc(C(=O)NC[C@@H](O)c2ccccc2F)c2cccc(C)c2n1. The molecule has 0 saturated carbocycles. The van der Waals surface area contributed by atoms with Crippen LogP contribution in [-0.2, 0) is 0 Å². The predicted octanol–water partition coefficient (Wildman–Crippen LogP) is 3.45. The van der Waals surface area contributed by atoms with Crippen LogP contribution in [0.15, 0.2) is 48.5 Å². The number of fused-ring (bicyclic) bond motifs is 1. The van der Waals surface area contributed by atoms with Crippen LogP contribution in [0.25, 0.3) is 10.9 Å². The first-order chi connectivity index (χ1) is 12.0. The first kappa shape index (κ1) is 17.0. The van der Waals surface area contributed by atoms with Crippen molar-refractivity contribution in [2.75, 3.05) is 6.54 Å². The molecule has 1 atom stereocenters. The second kappa shape index (κ2) is 6.99. The van der Waals surface area contributed by atoms with Gasteiger partial charge in [0.2, 0.25) is 0 Å². The highest BCUT2D eigenvalue weighted by Gasteiger charge is 2.16. The molecule has 0 fully saturated rings. The maximum Gasteiger partial charge on any atom is 0.252 e. The molecule has 128 valence electrons. The smallest absolute Gasteiger partial charge is 0.252 e. The molecule has 0 radical (unpaired) electrons. The van der Waals surface area contributed by atoms with Gasteiger partial charge in [-0.2, -0.15) is 0 Å². The number of amides is 1. The van der Waals surface area contributed by atoms with Crippen molar-refractivity contribution in [3.05, 3.63) is 76.7 Å². The number of hydrogen-bond acceptors (Lipinski definition) is 3. The average Bonchev–Trinajstić information content (AvgIpc) is 2.60. The predicted molar refractivity (Wildman–Crippen MR) is 94.9 cm³/mol. The topological polar surface area (TPSA) is 62.2 Å². The van der Waals surface area contributed by atoms with Gasteiger partial charge in [0, 0.05) is 23.2 Å². The van der Waals surface area contributed by atoms with Gasteiger partial charge in [0.05, 0.1) is 17.2 Å². The van der Waals surface area contributed by atoms with Crippen LogP contribution in [0.2, 0.25) is 0 Å². The highest BCUT2D eigenvalue weighted by atomic mass is 19.1. The lowest BCUT2D eigenvalue weighted by molar-refractivity contribution is 0.0915. The van der Waals surface area contributed by atoms with E-state index < -0.39 is 11.9 Å². The van der Waals surface area contributed by atoms with Crippen molar-refractivity contribution in [3.8, 4) is 0 Å². The van der Waals surface area contributed by atoms with E-state index >= 15 is 0 Å². The van der Waals surface area contributed by atoms with Crippen LogP contribution in [0.1, 0.15) is 33.3 Å². The minimum Gasteiger partial charge on any atom is -0.386 e. The van der Waals surface area contributed by atoms with Gasteiger partial charge in [-0.25, -0.2) is 4.39 Å². The molecule has 1 amide bonds. The van der Waals surface area contributed by atoms with Gasteiger partial charge >= 0.3 is 0 Å². The molecule has 2 aromatic carbocycles. The van der Waals surface area contributed by atoms with Crippen LogP contribution in [0.4, 0.5) is 4.39 Å². The lowest BCUT2D eigenvalue weighted by atomic mass is 10.0. The van der Waals surface area contributed by atoms with Crippen molar-refractivity contribution >= 4 is 16.8 Å². The summed E-state index contributed by atoms with van der Waals surface area (Å²) < 4.78 is 13.7. The summed E-state index contributed by atoms with van der Waals surface area (Å²) in [6.07, 6.45) is -1.11. The summed E-state index contributed by atoms with van der Waals surface area (Å²) >= 11 is 0. The fraction of sp³-hybridized carbons (Fsp3) is 0.200.